The van der Waals surface area contributed by atoms with E-state index in [0.717, 1.165) is 27.0 Å². The first-order chi connectivity index (χ1) is 13.2. The fraction of sp³-hybridized carbons (Fsp3) is 0.105. The van der Waals surface area contributed by atoms with Gasteiger partial charge in [0, 0.05) is 29.2 Å². The van der Waals surface area contributed by atoms with Crippen LogP contribution in [-0.2, 0) is 4.79 Å². The summed E-state index contributed by atoms with van der Waals surface area (Å²) < 4.78 is 1.74. The number of anilines is 2. The number of imidazole rings is 1. The molecule has 0 aliphatic heterocycles. The van der Waals surface area contributed by atoms with Gasteiger partial charge in [0.1, 0.15) is 0 Å². The standard InChI is InChI=1S/C19H16ClN5OS/c20-14-8-6-13(7-9-14)16-12-25-19(23-16)27-18(24-25)21-11-10-17(26)22-15-4-2-1-3-5-15/h1-9,12H,10-11H2,(H,21,24)(H,22,26). The van der Waals surface area contributed by atoms with E-state index in [0.29, 0.717) is 18.0 Å². The molecule has 0 saturated carbocycles. The third-order valence-electron chi connectivity index (χ3n) is 3.87. The van der Waals surface area contributed by atoms with Crippen LogP contribution in [-0.4, -0.2) is 27.0 Å². The Kier molecular flexibility index (Phi) is 5.04. The monoisotopic (exact) mass is 397 g/mol. The summed E-state index contributed by atoms with van der Waals surface area (Å²) in [7, 11) is 0. The van der Waals surface area contributed by atoms with Gasteiger partial charge in [-0.05, 0) is 24.3 Å². The fourth-order valence-electron chi connectivity index (χ4n) is 2.56. The van der Waals surface area contributed by atoms with Crippen molar-refractivity contribution in [3.63, 3.8) is 0 Å². The quantitative estimate of drug-likeness (QED) is 0.500. The number of halogens is 1. The van der Waals surface area contributed by atoms with Crippen molar-refractivity contribution in [3.05, 3.63) is 65.8 Å². The molecule has 4 rings (SSSR count). The summed E-state index contributed by atoms with van der Waals surface area (Å²) in [5.41, 5.74) is 2.63. The topological polar surface area (TPSA) is 71.3 Å². The minimum Gasteiger partial charge on any atom is -0.360 e. The molecule has 0 radical (unpaired) electrons. The second kappa shape index (κ2) is 7.77. The lowest BCUT2D eigenvalue weighted by atomic mass is 10.2. The van der Waals surface area contributed by atoms with E-state index >= 15 is 0 Å². The molecule has 2 heterocycles. The lowest BCUT2D eigenvalue weighted by Gasteiger charge is -2.05. The maximum Gasteiger partial charge on any atom is 0.226 e. The van der Waals surface area contributed by atoms with Crippen molar-refractivity contribution in [3.8, 4) is 11.3 Å². The van der Waals surface area contributed by atoms with E-state index in [-0.39, 0.29) is 5.91 Å². The Morgan fingerprint density at radius 1 is 1.11 bits per heavy atom. The third-order valence-corrected chi connectivity index (χ3v) is 5.00. The predicted molar refractivity (Wildman–Crippen MR) is 109 cm³/mol. The second-order valence-corrected chi connectivity index (χ2v) is 7.25. The number of rotatable bonds is 6. The molecule has 6 nitrogen and oxygen atoms in total. The maximum absolute atomic E-state index is 12.0. The molecule has 0 saturated heterocycles. The zero-order valence-electron chi connectivity index (χ0n) is 14.2. The highest BCUT2D eigenvalue weighted by Crippen LogP contribution is 2.25. The highest BCUT2D eigenvalue weighted by Gasteiger charge is 2.10. The summed E-state index contributed by atoms with van der Waals surface area (Å²) in [6, 6.07) is 16.9. The van der Waals surface area contributed by atoms with E-state index in [9.17, 15) is 4.79 Å². The SMILES string of the molecule is O=C(CCNc1nn2cc(-c3ccc(Cl)cc3)nc2s1)Nc1ccccc1. The summed E-state index contributed by atoms with van der Waals surface area (Å²) >= 11 is 7.36. The number of carbonyl (C=O) groups is 1. The summed E-state index contributed by atoms with van der Waals surface area (Å²) in [5.74, 6) is -0.0416. The molecule has 136 valence electrons. The lowest BCUT2D eigenvalue weighted by Crippen LogP contribution is -2.16. The molecule has 2 aromatic carbocycles. The highest BCUT2D eigenvalue weighted by atomic mass is 35.5. The normalized spacial score (nSPS) is 10.9. The van der Waals surface area contributed by atoms with Crippen LogP contribution in [0.2, 0.25) is 5.02 Å². The zero-order valence-corrected chi connectivity index (χ0v) is 15.8. The Labute approximate surface area is 164 Å². The Morgan fingerprint density at radius 2 is 1.89 bits per heavy atom. The van der Waals surface area contributed by atoms with Crippen molar-refractivity contribution in [1.82, 2.24) is 14.6 Å². The van der Waals surface area contributed by atoms with E-state index < -0.39 is 0 Å². The smallest absolute Gasteiger partial charge is 0.226 e. The van der Waals surface area contributed by atoms with Crippen LogP contribution >= 0.6 is 22.9 Å². The average molecular weight is 398 g/mol. The molecule has 0 unspecified atom stereocenters. The summed E-state index contributed by atoms with van der Waals surface area (Å²) in [6.07, 6.45) is 2.23. The third kappa shape index (κ3) is 4.27. The van der Waals surface area contributed by atoms with Gasteiger partial charge in [0.05, 0.1) is 11.9 Å². The number of fused-ring (bicyclic) bond motifs is 1. The van der Waals surface area contributed by atoms with Gasteiger partial charge in [-0.15, -0.1) is 5.10 Å². The van der Waals surface area contributed by atoms with Gasteiger partial charge < -0.3 is 10.6 Å². The Bertz CT molecular complexity index is 1030. The number of nitrogens with zero attached hydrogens (tertiary/aromatic N) is 3. The number of benzene rings is 2. The summed E-state index contributed by atoms with van der Waals surface area (Å²) in [4.78, 5) is 17.3. The van der Waals surface area contributed by atoms with Gasteiger partial charge in [-0.3, -0.25) is 4.79 Å². The van der Waals surface area contributed by atoms with Crippen LogP contribution in [0.4, 0.5) is 10.8 Å². The molecule has 1 amide bonds. The molecule has 0 spiro atoms. The second-order valence-electron chi connectivity index (χ2n) is 5.86. The van der Waals surface area contributed by atoms with Crippen molar-refractivity contribution in [2.45, 2.75) is 6.42 Å². The van der Waals surface area contributed by atoms with E-state index in [2.05, 4.69) is 20.7 Å². The van der Waals surface area contributed by atoms with Crippen LogP contribution in [0.3, 0.4) is 0 Å². The first-order valence-electron chi connectivity index (χ1n) is 8.38. The van der Waals surface area contributed by atoms with Crippen LogP contribution in [0.15, 0.2) is 60.8 Å². The van der Waals surface area contributed by atoms with Crippen LogP contribution in [0.1, 0.15) is 6.42 Å². The molecule has 0 fully saturated rings. The highest BCUT2D eigenvalue weighted by molar-refractivity contribution is 7.20. The van der Waals surface area contributed by atoms with E-state index in [1.807, 2.05) is 60.8 Å². The lowest BCUT2D eigenvalue weighted by molar-refractivity contribution is -0.115. The van der Waals surface area contributed by atoms with E-state index in [1.54, 1.807) is 4.52 Å². The number of hydrogen-bond acceptors (Lipinski definition) is 5. The number of amides is 1. The molecular formula is C19H16ClN5OS. The minimum atomic E-state index is -0.0416. The first kappa shape index (κ1) is 17.5. The van der Waals surface area contributed by atoms with Crippen LogP contribution in [0, 0.1) is 0 Å². The molecule has 27 heavy (non-hydrogen) atoms. The van der Waals surface area contributed by atoms with Gasteiger partial charge >= 0.3 is 0 Å². The molecule has 0 aliphatic carbocycles. The van der Waals surface area contributed by atoms with E-state index in [4.69, 9.17) is 11.6 Å². The number of nitrogens with one attached hydrogen (secondary N) is 2. The zero-order chi connectivity index (χ0) is 18.6. The van der Waals surface area contributed by atoms with Gasteiger partial charge in [0.25, 0.3) is 0 Å². The number of para-hydroxylation sites is 1. The molecule has 2 N–H and O–H groups in total. The van der Waals surface area contributed by atoms with Crippen molar-refractivity contribution >= 4 is 44.6 Å². The Balaban J connectivity index is 1.34. The molecular weight excluding hydrogens is 382 g/mol. The average Bonchev–Trinajstić information content (AvgIpc) is 3.22. The molecule has 0 aliphatic rings. The van der Waals surface area contributed by atoms with Crippen molar-refractivity contribution < 1.29 is 4.79 Å². The number of aromatic nitrogens is 3. The molecule has 4 aromatic rings. The van der Waals surface area contributed by atoms with E-state index in [1.165, 1.54) is 11.3 Å². The molecule has 8 heteroatoms. The fourth-order valence-corrected chi connectivity index (χ4v) is 3.49. The maximum atomic E-state index is 12.0. The summed E-state index contributed by atoms with van der Waals surface area (Å²) in [6.45, 7) is 0.499. The minimum absolute atomic E-state index is 0.0416. The number of hydrogen-bond donors (Lipinski definition) is 2. The molecule has 0 bridgehead atoms. The Morgan fingerprint density at radius 3 is 2.63 bits per heavy atom. The Hall–Kier alpha value is -2.90. The van der Waals surface area contributed by atoms with Crippen molar-refractivity contribution in [2.24, 2.45) is 0 Å². The van der Waals surface area contributed by atoms with Crippen LogP contribution in [0.5, 0.6) is 0 Å². The van der Waals surface area contributed by atoms with Crippen molar-refractivity contribution in [1.29, 1.82) is 0 Å². The summed E-state index contributed by atoms with van der Waals surface area (Å²) in [5, 5.41) is 11.9. The van der Waals surface area contributed by atoms with Crippen molar-refractivity contribution in [2.75, 3.05) is 17.2 Å². The first-order valence-corrected chi connectivity index (χ1v) is 9.58. The van der Waals surface area contributed by atoms with Crippen LogP contribution < -0.4 is 10.6 Å². The van der Waals surface area contributed by atoms with Gasteiger partial charge in [0.15, 0.2) is 0 Å². The predicted octanol–water partition coefficient (Wildman–Crippen LogP) is 4.55. The van der Waals surface area contributed by atoms with Gasteiger partial charge in [-0.2, -0.15) is 0 Å². The van der Waals surface area contributed by atoms with Gasteiger partial charge in [0.2, 0.25) is 16.0 Å². The largest absolute Gasteiger partial charge is 0.360 e. The molecule has 2 aromatic heterocycles. The van der Waals surface area contributed by atoms with Gasteiger partial charge in [-0.1, -0.05) is 53.3 Å². The van der Waals surface area contributed by atoms with Gasteiger partial charge in [-0.25, -0.2) is 9.50 Å². The number of carbonyl (C=O) groups excluding carboxylic acids is 1. The van der Waals surface area contributed by atoms with Crippen LogP contribution in [0.25, 0.3) is 16.2 Å². The molecule has 0 atom stereocenters.